The van der Waals surface area contributed by atoms with Gasteiger partial charge in [-0.05, 0) is 19.1 Å². The lowest BCUT2D eigenvalue weighted by Gasteiger charge is -2.40. The van der Waals surface area contributed by atoms with Crippen molar-refractivity contribution in [3.8, 4) is 11.3 Å². The Balaban J connectivity index is 1.47. The number of nitrogens with zero attached hydrogens (tertiary/aromatic N) is 4. The summed E-state index contributed by atoms with van der Waals surface area (Å²) in [6, 6.07) is 26.8. The second-order valence-corrected chi connectivity index (χ2v) is 9.94. The van der Waals surface area contributed by atoms with Crippen molar-refractivity contribution in [2.75, 3.05) is 24.5 Å². The molecule has 5 rings (SSSR count). The van der Waals surface area contributed by atoms with Gasteiger partial charge in [0.1, 0.15) is 5.69 Å². The van der Waals surface area contributed by atoms with E-state index in [0.717, 1.165) is 27.8 Å². The molecule has 0 bridgehead atoms. The van der Waals surface area contributed by atoms with E-state index in [1.807, 2.05) is 55.5 Å². The van der Waals surface area contributed by atoms with E-state index in [-0.39, 0.29) is 6.04 Å². The van der Waals surface area contributed by atoms with Crippen LogP contribution in [0.25, 0.3) is 22.0 Å². The van der Waals surface area contributed by atoms with Gasteiger partial charge in [0.2, 0.25) is 10.0 Å². The monoisotopic (exact) mass is 444 g/mol. The minimum absolute atomic E-state index is 0.0393. The van der Waals surface area contributed by atoms with Crippen LogP contribution in [-0.2, 0) is 10.0 Å². The molecule has 1 fully saturated rings. The highest BCUT2D eigenvalue weighted by Crippen LogP contribution is 2.33. The van der Waals surface area contributed by atoms with Gasteiger partial charge in [0.15, 0.2) is 5.82 Å². The molecular formula is C25H24N4O2S. The van der Waals surface area contributed by atoms with Crippen LogP contribution < -0.4 is 4.90 Å². The highest BCUT2D eigenvalue weighted by Gasteiger charge is 2.33. The molecule has 4 aromatic rings. The summed E-state index contributed by atoms with van der Waals surface area (Å²) in [5.74, 6) is 0.796. The molecule has 3 aromatic carbocycles. The molecular weight excluding hydrogens is 420 g/mol. The first-order chi connectivity index (χ1) is 15.6. The van der Waals surface area contributed by atoms with E-state index in [0.29, 0.717) is 24.5 Å². The van der Waals surface area contributed by atoms with E-state index in [9.17, 15) is 8.42 Å². The van der Waals surface area contributed by atoms with Crippen molar-refractivity contribution in [2.45, 2.75) is 17.9 Å². The first kappa shape index (κ1) is 20.6. The predicted octanol–water partition coefficient (Wildman–Crippen LogP) is 4.20. The molecule has 0 amide bonds. The number of piperazine rings is 1. The molecule has 0 spiro atoms. The summed E-state index contributed by atoms with van der Waals surface area (Å²) < 4.78 is 27.7. The third-order valence-corrected chi connectivity index (χ3v) is 7.84. The summed E-state index contributed by atoms with van der Waals surface area (Å²) in [5.41, 5.74) is 1.87. The number of benzene rings is 3. The van der Waals surface area contributed by atoms with E-state index in [1.165, 1.54) is 0 Å². The van der Waals surface area contributed by atoms with Gasteiger partial charge >= 0.3 is 0 Å². The average Bonchev–Trinajstić information content (AvgIpc) is 2.84. The van der Waals surface area contributed by atoms with Gasteiger partial charge in [-0.15, -0.1) is 10.2 Å². The Kier molecular flexibility index (Phi) is 5.36. The zero-order valence-corrected chi connectivity index (χ0v) is 18.6. The second-order valence-electron chi connectivity index (χ2n) is 8.00. The number of rotatable bonds is 4. The molecule has 7 heteroatoms. The maximum absolute atomic E-state index is 13.1. The molecule has 0 saturated carbocycles. The molecule has 0 N–H and O–H groups in total. The predicted molar refractivity (Wildman–Crippen MR) is 127 cm³/mol. The van der Waals surface area contributed by atoms with Crippen molar-refractivity contribution in [2.24, 2.45) is 0 Å². The summed E-state index contributed by atoms with van der Waals surface area (Å²) >= 11 is 0. The number of aromatic nitrogens is 2. The zero-order chi connectivity index (χ0) is 22.1. The Morgan fingerprint density at radius 1 is 0.781 bits per heavy atom. The van der Waals surface area contributed by atoms with Crippen molar-refractivity contribution < 1.29 is 8.42 Å². The lowest BCUT2D eigenvalue weighted by molar-refractivity contribution is 0.341. The summed E-state index contributed by atoms with van der Waals surface area (Å²) in [4.78, 5) is 2.50. The van der Waals surface area contributed by atoms with Crippen molar-refractivity contribution in [3.05, 3.63) is 84.9 Å². The highest BCUT2D eigenvalue weighted by molar-refractivity contribution is 7.89. The maximum atomic E-state index is 13.1. The average molecular weight is 445 g/mol. The molecule has 32 heavy (non-hydrogen) atoms. The highest BCUT2D eigenvalue weighted by atomic mass is 32.2. The van der Waals surface area contributed by atoms with E-state index >= 15 is 0 Å². The second kappa shape index (κ2) is 8.33. The van der Waals surface area contributed by atoms with Crippen LogP contribution in [0.1, 0.15) is 6.92 Å². The normalized spacial score (nSPS) is 17.5. The lowest BCUT2D eigenvalue weighted by Crippen LogP contribution is -2.54. The van der Waals surface area contributed by atoms with Crippen molar-refractivity contribution in [1.82, 2.24) is 14.5 Å². The number of hydrogen-bond acceptors (Lipinski definition) is 5. The van der Waals surface area contributed by atoms with Gasteiger partial charge in [0, 0.05) is 42.0 Å². The van der Waals surface area contributed by atoms with Gasteiger partial charge in [-0.1, -0.05) is 72.8 Å². The first-order valence-corrected chi connectivity index (χ1v) is 12.1. The Labute approximate surface area is 188 Å². The fourth-order valence-corrected chi connectivity index (χ4v) is 5.84. The van der Waals surface area contributed by atoms with Crippen LogP contribution >= 0.6 is 0 Å². The summed E-state index contributed by atoms with van der Waals surface area (Å²) in [7, 11) is -3.52. The summed E-state index contributed by atoms with van der Waals surface area (Å²) in [5, 5.41) is 11.2. The van der Waals surface area contributed by atoms with Crippen molar-refractivity contribution >= 4 is 26.6 Å². The van der Waals surface area contributed by atoms with Gasteiger partial charge in [-0.25, -0.2) is 8.42 Å². The van der Waals surface area contributed by atoms with Gasteiger partial charge in [0.25, 0.3) is 0 Å². The fraction of sp³-hybridized carbons (Fsp3) is 0.200. The van der Waals surface area contributed by atoms with Crippen LogP contribution in [-0.4, -0.2) is 48.6 Å². The lowest BCUT2D eigenvalue weighted by atomic mass is 10.0. The quantitative estimate of drug-likeness (QED) is 0.472. The number of hydrogen-bond donors (Lipinski definition) is 0. The maximum Gasteiger partial charge on any atom is 0.243 e. The molecule has 0 unspecified atom stereocenters. The van der Waals surface area contributed by atoms with Crippen molar-refractivity contribution in [3.63, 3.8) is 0 Å². The van der Waals surface area contributed by atoms with E-state index in [4.69, 9.17) is 0 Å². The summed E-state index contributed by atoms with van der Waals surface area (Å²) in [6.45, 7) is 3.39. The molecule has 1 aliphatic heterocycles. The van der Waals surface area contributed by atoms with E-state index in [1.54, 1.807) is 28.6 Å². The minimum Gasteiger partial charge on any atom is -0.349 e. The summed E-state index contributed by atoms with van der Waals surface area (Å²) in [6.07, 6.45) is 0. The molecule has 1 saturated heterocycles. The van der Waals surface area contributed by atoms with Crippen LogP contribution in [0.5, 0.6) is 0 Å². The van der Waals surface area contributed by atoms with Crippen LogP contribution in [0.4, 0.5) is 5.82 Å². The SMILES string of the molecule is C[C@@H]1CN(S(=O)(=O)c2ccccc2)CCN1c1nnc(-c2ccccc2)c2ccccc12. The molecule has 1 aromatic heterocycles. The molecule has 0 radical (unpaired) electrons. The molecule has 2 heterocycles. The third-order valence-electron chi connectivity index (χ3n) is 5.96. The van der Waals surface area contributed by atoms with Gasteiger partial charge in [-0.2, -0.15) is 4.31 Å². The van der Waals surface area contributed by atoms with Gasteiger partial charge in [-0.3, -0.25) is 0 Å². The number of fused-ring (bicyclic) bond motifs is 1. The minimum atomic E-state index is -3.52. The molecule has 6 nitrogen and oxygen atoms in total. The number of sulfonamides is 1. The largest absolute Gasteiger partial charge is 0.349 e. The van der Waals surface area contributed by atoms with Crippen molar-refractivity contribution in [1.29, 1.82) is 0 Å². The zero-order valence-electron chi connectivity index (χ0n) is 17.8. The van der Waals surface area contributed by atoms with Crippen LogP contribution in [0, 0.1) is 0 Å². The standard InChI is InChI=1S/C25H24N4O2S/c1-19-18-28(32(30,31)21-12-6-3-7-13-21)16-17-29(19)25-23-15-9-8-14-22(23)24(26-27-25)20-10-4-2-5-11-20/h2-15,19H,16-18H2,1H3/t19-/m1/s1. The Hall–Kier alpha value is -3.29. The smallest absolute Gasteiger partial charge is 0.243 e. The van der Waals surface area contributed by atoms with E-state index < -0.39 is 10.0 Å². The first-order valence-electron chi connectivity index (χ1n) is 10.7. The third kappa shape index (κ3) is 3.63. The Morgan fingerprint density at radius 3 is 2.09 bits per heavy atom. The molecule has 1 atom stereocenters. The van der Waals surface area contributed by atoms with Gasteiger partial charge < -0.3 is 4.90 Å². The molecule has 0 aliphatic carbocycles. The van der Waals surface area contributed by atoms with E-state index in [2.05, 4.69) is 27.2 Å². The molecule has 1 aliphatic rings. The Morgan fingerprint density at radius 2 is 1.41 bits per heavy atom. The molecule has 162 valence electrons. The van der Waals surface area contributed by atoms with Crippen LogP contribution in [0.3, 0.4) is 0 Å². The van der Waals surface area contributed by atoms with Gasteiger partial charge in [0.05, 0.1) is 4.90 Å². The fourth-order valence-electron chi connectivity index (χ4n) is 4.31. The number of anilines is 1. The van der Waals surface area contributed by atoms with Crippen LogP contribution in [0.15, 0.2) is 89.8 Å². The Bertz CT molecular complexity index is 1340. The van der Waals surface area contributed by atoms with Crippen LogP contribution in [0.2, 0.25) is 0 Å². The topological polar surface area (TPSA) is 66.4 Å².